The van der Waals surface area contributed by atoms with Gasteiger partial charge in [-0.05, 0) is 36.8 Å². The van der Waals surface area contributed by atoms with Crippen LogP contribution >= 0.6 is 59.6 Å². The van der Waals surface area contributed by atoms with E-state index in [2.05, 4.69) is 10.2 Å². The Balaban J connectivity index is 0.00000256. The Hall–Kier alpha value is -0.630. The Kier molecular flexibility index (Phi) is 14.1. The fourth-order valence-electron chi connectivity index (χ4n) is 3.21. The molecule has 180 valence electrons. The van der Waals surface area contributed by atoms with Crippen molar-refractivity contribution in [3.8, 4) is 11.5 Å². The summed E-state index contributed by atoms with van der Waals surface area (Å²) in [7, 11) is 0. The second kappa shape index (κ2) is 15.3. The van der Waals surface area contributed by atoms with Crippen LogP contribution in [0.3, 0.4) is 0 Å². The quantitative estimate of drug-likeness (QED) is 0.377. The smallest absolute Gasteiger partial charge is 0.180 e. The molecule has 0 aromatic heterocycles. The van der Waals surface area contributed by atoms with E-state index in [9.17, 15) is 0 Å². The van der Waals surface area contributed by atoms with Crippen LogP contribution in [0.2, 0.25) is 15.1 Å². The molecule has 5 nitrogen and oxygen atoms in total. The van der Waals surface area contributed by atoms with Crippen LogP contribution in [0.15, 0.2) is 30.3 Å². The molecule has 10 heteroatoms. The molecule has 2 aromatic rings. The maximum Gasteiger partial charge on any atom is 0.180 e. The Labute approximate surface area is 217 Å². The third-order valence-corrected chi connectivity index (χ3v) is 5.66. The first-order valence-corrected chi connectivity index (χ1v) is 11.2. The van der Waals surface area contributed by atoms with E-state index < -0.39 is 0 Å². The standard InChI is InChI=1S/C22H27Cl3N2O3.2ClH/c1-2-29-21-12-16(14-26-5-6-27-7-9-28-10-8-27)11-20(25)22(21)30-15-17-3-4-18(23)13-19(17)24;;/h3-4,11-13,26H,2,5-10,14-15H2,1H3;2*1H. The molecule has 0 radical (unpaired) electrons. The van der Waals surface area contributed by atoms with Crippen molar-refractivity contribution in [1.29, 1.82) is 0 Å². The first-order chi connectivity index (χ1) is 14.6. The summed E-state index contributed by atoms with van der Waals surface area (Å²) in [5.41, 5.74) is 1.87. The summed E-state index contributed by atoms with van der Waals surface area (Å²) in [6.45, 7) is 8.93. The maximum absolute atomic E-state index is 6.53. The van der Waals surface area contributed by atoms with Crippen LogP contribution in [-0.4, -0.2) is 50.9 Å². The predicted octanol–water partition coefficient (Wildman–Crippen LogP) is 5.89. The minimum Gasteiger partial charge on any atom is -0.490 e. The molecule has 0 bridgehead atoms. The van der Waals surface area contributed by atoms with Gasteiger partial charge < -0.3 is 19.5 Å². The Bertz CT molecular complexity index is 835. The molecule has 1 aliphatic rings. The van der Waals surface area contributed by atoms with Crippen molar-refractivity contribution in [1.82, 2.24) is 10.2 Å². The molecule has 3 rings (SSSR count). The van der Waals surface area contributed by atoms with Gasteiger partial charge in [-0.15, -0.1) is 24.8 Å². The Morgan fingerprint density at radius 2 is 1.75 bits per heavy atom. The summed E-state index contributed by atoms with van der Waals surface area (Å²) in [6.07, 6.45) is 0. The average Bonchev–Trinajstić information content (AvgIpc) is 2.73. The number of halogens is 5. The first kappa shape index (κ1) is 29.4. The monoisotopic (exact) mass is 544 g/mol. The van der Waals surface area contributed by atoms with E-state index in [1.807, 2.05) is 25.1 Å². The summed E-state index contributed by atoms with van der Waals surface area (Å²) in [6, 6.07) is 9.19. The van der Waals surface area contributed by atoms with Crippen LogP contribution in [0, 0.1) is 0 Å². The number of hydrogen-bond donors (Lipinski definition) is 1. The number of benzene rings is 2. The number of nitrogens with zero attached hydrogens (tertiary/aromatic N) is 1. The van der Waals surface area contributed by atoms with Gasteiger partial charge in [0.05, 0.1) is 24.8 Å². The van der Waals surface area contributed by atoms with Crippen molar-refractivity contribution in [2.45, 2.75) is 20.1 Å². The van der Waals surface area contributed by atoms with E-state index in [4.69, 9.17) is 49.0 Å². The molecule has 1 N–H and O–H groups in total. The summed E-state index contributed by atoms with van der Waals surface area (Å²) >= 11 is 18.7. The highest BCUT2D eigenvalue weighted by atomic mass is 35.5. The van der Waals surface area contributed by atoms with E-state index in [0.29, 0.717) is 39.7 Å². The molecule has 1 fully saturated rings. The topological polar surface area (TPSA) is 43.0 Å². The number of ether oxygens (including phenoxy) is 3. The van der Waals surface area contributed by atoms with Gasteiger partial charge in [-0.1, -0.05) is 40.9 Å². The van der Waals surface area contributed by atoms with E-state index in [1.165, 1.54) is 0 Å². The van der Waals surface area contributed by atoms with Crippen molar-refractivity contribution in [3.63, 3.8) is 0 Å². The molecule has 32 heavy (non-hydrogen) atoms. The van der Waals surface area contributed by atoms with Gasteiger partial charge in [0.1, 0.15) is 6.61 Å². The molecule has 0 spiro atoms. The third-order valence-electron chi connectivity index (χ3n) is 4.79. The van der Waals surface area contributed by atoms with Crippen LogP contribution in [0.1, 0.15) is 18.1 Å². The van der Waals surface area contributed by atoms with Crippen LogP contribution in [0.5, 0.6) is 11.5 Å². The Morgan fingerprint density at radius 1 is 1.00 bits per heavy atom. The Morgan fingerprint density at radius 3 is 2.44 bits per heavy atom. The van der Waals surface area contributed by atoms with Crippen LogP contribution in [0.25, 0.3) is 0 Å². The van der Waals surface area contributed by atoms with Crippen molar-refractivity contribution < 1.29 is 14.2 Å². The number of hydrogen-bond acceptors (Lipinski definition) is 5. The molecule has 1 aliphatic heterocycles. The zero-order chi connectivity index (χ0) is 21.3. The van der Waals surface area contributed by atoms with Crippen molar-refractivity contribution in [2.75, 3.05) is 46.0 Å². The van der Waals surface area contributed by atoms with Gasteiger partial charge in [0.15, 0.2) is 11.5 Å². The van der Waals surface area contributed by atoms with Crippen molar-refractivity contribution >= 4 is 59.6 Å². The zero-order valence-electron chi connectivity index (χ0n) is 17.9. The molecule has 1 heterocycles. The van der Waals surface area contributed by atoms with Gasteiger partial charge in [-0.2, -0.15) is 0 Å². The van der Waals surface area contributed by atoms with E-state index in [0.717, 1.165) is 50.5 Å². The lowest BCUT2D eigenvalue weighted by molar-refractivity contribution is 0.0384. The highest BCUT2D eigenvalue weighted by Crippen LogP contribution is 2.37. The lowest BCUT2D eigenvalue weighted by Gasteiger charge is -2.26. The molecule has 1 saturated heterocycles. The predicted molar refractivity (Wildman–Crippen MR) is 137 cm³/mol. The summed E-state index contributed by atoms with van der Waals surface area (Å²) in [4.78, 5) is 2.40. The summed E-state index contributed by atoms with van der Waals surface area (Å²) in [5.74, 6) is 1.14. The van der Waals surface area contributed by atoms with Crippen LogP contribution in [-0.2, 0) is 17.9 Å². The minimum atomic E-state index is 0. The maximum atomic E-state index is 6.53. The van der Waals surface area contributed by atoms with Gasteiger partial charge in [-0.3, -0.25) is 4.90 Å². The number of nitrogens with one attached hydrogen (secondary N) is 1. The van der Waals surface area contributed by atoms with Crippen LogP contribution < -0.4 is 14.8 Å². The molecule has 0 unspecified atom stereocenters. The van der Waals surface area contributed by atoms with Crippen LogP contribution in [0.4, 0.5) is 0 Å². The van der Waals surface area contributed by atoms with Gasteiger partial charge in [0.2, 0.25) is 0 Å². The van der Waals surface area contributed by atoms with Gasteiger partial charge in [0, 0.05) is 48.3 Å². The first-order valence-electron chi connectivity index (χ1n) is 10.1. The summed E-state index contributed by atoms with van der Waals surface area (Å²) in [5, 5.41) is 5.12. The van der Waals surface area contributed by atoms with E-state index in [1.54, 1.807) is 12.1 Å². The second-order valence-electron chi connectivity index (χ2n) is 6.99. The zero-order valence-corrected chi connectivity index (χ0v) is 21.8. The molecule has 0 amide bonds. The van der Waals surface area contributed by atoms with Gasteiger partial charge in [0.25, 0.3) is 0 Å². The number of rotatable bonds is 10. The highest BCUT2D eigenvalue weighted by molar-refractivity contribution is 6.35. The summed E-state index contributed by atoms with van der Waals surface area (Å²) < 4.78 is 17.1. The minimum absolute atomic E-state index is 0. The average molecular weight is 547 g/mol. The second-order valence-corrected chi connectivity index (χ2v) is 8.24. The normalized spacial score (nSPS) is 13.8. The molecule has 0 atom stereocenters. The highest BCUT2D eigenvalue weighted by Gasteiger charge is 2.14. The van der Waals surface area contributed by atoms with E-state index in [-0.39, 0.29) is 31.4 Å². The van der Waals surface area contributed by atoms with E-state index >= 15 is 0 Å². The van der Waals surface area contributed by atoms with Crippen molar-refractivity contribution in [2.24, 2.45) is 0 Å². The third kappa shape index (κ3) is 8.96. The van der Waals surface area contributed by atoms with Crippen molar-refractivity contribution in [3.05, 3.63) is 56.5 Å². The molecular formula is C22H29Cl5N2O3. The fourth-order valence-corrected chi connectivity index (χ4v) is 3.96. The SMILES string of the molecule is CCOc1cc(CNCCN2CCOCC2)cc(Cl)c1OCc1ccc(Cl)cc1Cl.Cl.Cl. The fraction of sp³-hybridized carbons (Fsp3) is 0.455. The molecule has 2 aromatic carbocycles. The molecular weight excluding hydrogens is 518 g/mol. The van der Waals surface area contributed by atoms with Gasteiger partial charge >= 0.3 is 0 Å². The molecule has 0 aliphatic carbocycles. The number of morpholine rings is 1. The van der Waals surface area contributed by atoms with Gasteiger partial charge in [-0.25, -0.2) is 0 Å². The largest absolute Gasteiger partial charge is 0.490 e. The lowest BCUT2D eigenvalue weighted by Crippen LogP contribution is -2.40. The lowest BCUT2D eigenvalue weighted by atomic mass is 10.2. The molecule has 0 saturated carbocycles.